The highest BCUT2D eigenvalue weighted by atomic mass is 16.1. The van der Waals surface area contributed by atoms with Crippen LogP contribution in [0, 0.1) is 0 Å². The number of hydrogen-bond acceptors (Lipinski definition) is 4. The van der Waals surface area contributed by atoms with Crippen molar-refractivity contribution in [2.24, 2.45) is 0 Å². The first kappa shape index (κ1) is 10.7. The van der Waals surface area contributed by atoms with Crippen LogP contribution in [0.3, 0.4) is 0 Å². The van der Waals surface area contributed by atoms with E-state index in [1.54, 1.807) is 9.13 Å². The number of nitrogens with two attached hydrogens (primary N) is 1. The molecule has 0 atom stereocenters. The summed E-state index contributed by atoms with van der Waals surface area (Å²) in [6.45, 7) is 6.36. The summed E-state index contributed by atoms with van der Waals surface area (Å²) in [6.07, 6.45) is 1.38. The largest absolute Gasteiger partial charge is 0.382 e. The molecule has 2 heterocycles. The van der Waals surface area contributed by atoms with Gasteiger partial charge in [0.2, 0.25) is 0 Å². The average Bonchev–Trinajstić information content (AvgIpc) is 2.51. The SMILES string of the molecule is CCn1c(=O)n(C(C)C)c2c(N)ncnc21. The minimum atomic E-state index is -0.0836. The van der Waals surface area contributed by atoms with E-state index >= 15 is 0 Å². The molecule has 0 fully saturated rings. The summed E-state index contributed by atoms with van der Waals surface area (Å²) < 4.78 is 3.24. The standard InChI is InChI=1S/C10H15N5O/c1-4-14-9-7(8(11)12-5-13-9)15(6(2)3)10(14)16/h5-6H,4H2,1-3H3,(H2,11,12,13). The zero-order valence-corrected chi connectivity index (χ0v) is 9.64. The molecule has 6 heteroatoms. The van der Waals surface area contributed by atoms with Crippen LogP contribution in [0.5, 0.6) is 0 Å². The van der Waals surface area contributed by atoms with E-state index in [0.717, 1.165) is 0 Å². The lowest BCUT2D eigenvalue weighted by Crippen LogP contribution is -2.25. The Morgan fingerprint density at radius 2 is 2.12 bits per heavy atom. The molecule has 2 N–H and O–H groups in total. The minimum Gasteiger partial charge on any atom is -0.382 e. The van der Waals surface area contributed by atoms with Gasteiger partial charge in [-0.1, -0.05) is 0 Å². The predicted octanol–water partition coefficient (Wildman–Crippen LogP) is 0.776. The summed E-state index contributed by atoms with van der Waals surface area (Å²) in [5, 5.41) is 0. The second-order valence-electron chi connectivity index (χ2n) is 3.92. The van der Waals surface area contributed by atoms with Gasteiger partial charge in [0.1, 0.15) is 11.8 Å². The minimum absolute atomic E-state index is 0.0381. The zero-order valence-electron chi connectivity index (χ0n) is 9.64. The van der Waals surface area contributed by atoms with Crippen molar-refractivity contribution in [2.75, 3.05) is 5.73 Å². The molecule has 2 aromatic heterocycles. The molecule has 16 heavy (non-hydrogen) atoms. The summed E-state index contributed by atoms with van der Waals surface area (Å²) in [5.41, 5.74) is 6.96. The lowest BCUT2D eigenvalue weighted by Gasteiger charge is -2.06. The Morgan fingerprint density at radius 3 is 2.69 bits per heavy atom. The molecule has 6 nitrogen and oxygen atoms in total. The fourth-order valence-corrected chi connectivity index (χ4v) is 1.89. The van der Waals surface area contributed by atoms with Crippen LogP contribution in [0.2, 0.25) is 0 Å². The molecule has 0 saturated carbocycles. The van der Waals surface area contributed by atoms with Gasteiger partial charge in [0.25, 0.3) is 0 Å². The molecule has 0 unspecified atom stereocenters. The first-order valence-corrected chi connectivity index (χ1v) is 5.29. The van der Waals surface area contributed by atoms with Crippen LogP contribution in [0.25, 0.3) is 11.2 Å². The Hall–Kier alpha value is -1.85. The zero-order chi connectivity index (χ0) is 11.9. The third-order valence-corrected chi connectivity index (χ3v) is 2.60. The quantitative estimate of drug-likeness (QED) is 0.812. The smallest absolute Gasteiger partial charge is 0.330 e. The maximum Gasteiger partial charge on any atom is 0.330 e. The van der Waals surface area contributed by atoms with Gasteiger partial charge in [0.05, 0.1) is 0 Å². The van der Waals surface area contributed by atoms with E-state index in [0.29, 0.717) is 23.5 Å². The van der Waals surface area contributed by atoms with Crippen LogP contribution in [0.4, 0.5) is 5.82 Å². The Morgan fingerprint density at radius 1 is 1.44 bits per heavy atom. The number of imidazole rings is 1. The number of aromatic nitrogens is 4. The average molecular weight is 221 g/mol. The van der Waals surface area contributed by atoms with Crippen molar-refractivity contribution in [3.63, 3.8) is 0 Å². The molecule has 0 aliphatic carbocycles. The van der Waals surface area contributed by atoms with Gasteiger partial charge in [-0.3, -0.25) is 9.13 Å². The van der Waals surface area contributed by atoms with Crippen LogP contribution < -0.4 is 11.4 Å². The van der Waals surface area contributed by atoms with Crippen molar-refractivity contribution < 1.29 is 0 Å². The lowest BCUT2D eigenvalue weighted by atomic mass is 10.3. The predicted molar refractivity (Wildman–Crippen MR) is 62.3 cm³/mol. The Bertz CT molecular complexity index is 581. The van der Waals surface area contributed by atoms with Crippen molar-refractivity contribution in [2.45, 2.75) is 33.4 Å². The first-order valence-electron chi connectivity index (χ1n) is 5.29. The summed E-state index contributed by atoms with van der Waals surface area (Å²) in [5.74, 6) is 0.350. The molecule has 2 aromatic rings. The number of nitrogens with zero attached hydrogens (tertiary/aromatic N) is 4. The fourth-order valence-electron chi connectivity index (χ4n) is 1.89. The number of rotatable bonds is 2. The van der Waals surface area contributed by atoms with E-state index < -0.39 is 0 Å². The fraction of sp³-hybridized carbons (Fsp3) is 0.500. The van der Waals surface area contributed by atoms with Gasteiger partial charge in [0, 0.05) is 12.6 Å². The molecule has 0 radical (unpaired) electrons. The molecular formula is C10H15N5O. The van der Waals surface area contributed by atoms with Gasteiger partial charge < -0.3 is 5.73 Å². The van der Waals surface area contributed by atoms with Crippen molar-refractivity contribution in [3.05, 3.63) is 16.8 Å². The summed E-state index contributed by atoms with van der Waals surface area (Å²) >= 11 is 0. The normalized spacial score (nSPS) is 11.5. The third kappa shape index (κ3) is 1.30. The number of aryl methyl sites for hydroxylation is 1. The number of hydrogen-bond donors (Lipinski definition) is 1. The van der Waals surface area contributed by atoms with Gasteiger partial charge in [-0.15, -0.1) is 0 Å². The molecule has 86 valence electrons. The number of nitrogen functional groups attached to an aromatic ring is 1. The van der Waals surface area contributed by atoms with Crippen LogP contribution in [0.15, 0.2) is 11.1 Å². The van der Waals surface area contributed by atoms with Gasteiger partial charge in [-0.05, 0) is 20.8 Å². The van der Waals surface area contributed by atoms with Crippen molar-refractivity contribution >= 4 is 17.0 Å². The van der Waals surface area contributed by atoms with Crippen molar-refractivity contribution in [1.82, 2.24) is 19.1 Å². The Labute approximate surface area is 92.7 Å². The highest BCUT2D eigenvalue weighted by Gasteiger charge is 2.17. The topological polar surface area (TPSA) is 78.7 Å². The van der Waals surface area contributed by atoms with Gasteiger partial charge in [-0.25, -0.2) is 14.8 Å². The summed E-state index contributed by atoms with van der Waals surface area (Å²) in [6, 6.07) is 0.0381. The van der Waals surface area contributed by atoms with Gasteiger partial charge in [-0.2, -0.15) is 0 Å². The maximum absolute atomic E-state index is 12.1. The number of fused-ring (bicyclic) bond motifs is 1. The third-order valence-electron chi connectivity index (χ3n) is 2.60. The second kappa shape index (κ2) is 3.62. The highest BCUT2D eigenvalue weighted by molar-refractivity contribution is 5.82. The van der Waals surface area contributed by atoms with E-state index in [2.05, 4.69) is 9.97 Å². The molecule has 0 aliphatic rings. The van der Waals surface area contributed by atoms with Crippen LogP contribution in [0.1, 0.15) is 26.8 Å². The molecule has 0 aliphatic heterocycles. The molecule has 0 amide bonds. The van der Waals surface area contributed by atoms with Crippen LogP contribution >= 0.6 is 0 Å². The highest BCUT2D eigenvalue weighted by Crippen LogP contribution is 2.18. The maximum atomic E-state index is 12.1. The van der Waals surface area contributed by atoms with Crippen molar-refractivity contribution in [1.29, 1.82) is 0 Å². The van der Waals surface area contributed by atoms with Gasteiger partial charge >= 0.3 is 5.69 Å². The van der Waals surface area contributed by atoms with Crippen LogP contribution in [-0.2, 0) is 6.54 Å². The molecule has 0 bridgehead atoms. The van der Waals surface area contributed by atoms with E-state index in [4.69, 9.17) is 5.73 Å². The lowest BCUT2D eigenvalue weighted by molar-refractivity contribution is 0.571. The van der Waals surface area contributed by atoms with Crippen molar-refractivity contribution in [3.8, 4) is 0 Å². The van der Waals surface area contributed by atoms with E-state index in [-0.39, 0.29) is 11.7 Å². The first-order chi connectivity index (χ1) is 7.57. The Balaban J connectivity index is 2.99. The van der Waals surface area contributed by atoms with E-state index in [9.17, 15) is 4.79 Å². The Kier molecular flexibility index (Phi) is 2.41. The van der Waals surface area contributed by atoms with Gasteiger partial charge in [0.15, 0.2) is 11.5 Å². The van der Waals surface area contributed by atoms with Crippen LogP contribution in [-0.4, -0.2) is 19.1 Å². The van der Waals surface area contributed by atoms with E-state index in [1.165, 1.54) is 6.33 Å². The molecular weight excluding hydrogens is 206 g/mol. The molecule has 0 saturated heterocycles. The molecule has 0 aromatic carbocycles. The summed E-state index contributed by atoms with van der Waals surface area (Å²) in [7, 11) is 0. The number of anilines is 1. The molecule has 2 rings (SSSR count). The molecule has 0 spiro atoms. The second-order valence-corrected chi connectivity index (χ2v) is 3.92. The summed E-state index contributed by atoms with van der Waals surface area (Å²) in [4.78, 5) is 20.2. The van der Waals surface area contributed by atoms with E-state index in [1.807, 2.05) is 20.8 Å². The monoisotopic (exact) mass is 221 g/mol.